The first-order valence-corrected chi connectivity index (χ1v) is 4.90. The Labute approximate surface area is 94.8 Å². The second-order valence-electron chi connectivity index (χ2n) is 3.04. The molecule has 2 aromatic heterocycles. The van der Waals surface area contributed by atoms with Crippen LogP contribution in [-0.4, -0.2) is 19.9 Å². The Hall–Kier alpha value is -1.89. The third kappa shape index (κ3) is 2.19. The Morgan fingerprint density at radius 3 is 2.94 bits per heavy atom. The Morgan fingerprint density at radius 1 is 1.56 bits per heavy atom. The van der Waals surface area contributed by atoms with Crippen LogP contribution in [0.2, 0.25) is 0 Å². The third-order valence-electron chi connectivity index (χ3n) is 1.87. The SMILES string of the molecule is O=[N+]([O-])c1ccc(Cn2cc(CCl)nn2)o1. The summed E-state index contributed by atoms with van der Waals surface area (Å²) in [5.74, 6) is 0.434. The first-order valence-electron chi connectivity index (χ1n) is 4.37. The molecule has 0 aromatic carbocycles. The molecular formula is C8H7ClN4O3. The Balaban J connectivity index is 2.11. The van der Waals surface area contributed by atoms with E-state index in [1.165, 1.54) is 16.8 Å². The Morgan fingerprint density at radius 2 is 2.38 bits per heavy atom. The fourth-order valence-corrected chi connectivity index (χ4v) is 1.31. The lowest BCUT2D eigenvalue weighted by Gasteiger charge is -1.94. The minimum Gasteiger partial charge on any atom is -0.404 e. The predicted octanol–water partition coefficient (Wildman–Crippen LogP) is 1.57. The van der Waals surface area contributed by atoms with Crippen LogP contribution < -0.4 is 0 Å². The summed E-state index contributed by atoms with van der Waals surface area (Å²) in [5, 5.41) is 17.9. The highest BCUT2D eigenvalue weighted by Gasteiger charge is 2.12. The van der Waals surface area contributed by atoms with Crippen LogP contribution in [0.25, 0.3) is 0 Å². The van der Waals surface area contributed by atoms with Gasteiger partial charge in [-0.1, -0.05) is 5.21 Å². The van der Waals surface area contributed by atoms with Crippen molar-refractivity contribution in [1.29, 1.82) is 0 Å². The van der Waals surface area contributed by atoms with Gasteiger partial charge in [-0.3, -0.25) is 10.1 Å². The summed E-state index contributed by atoms with van der Waals surface area (Å²) in [7, 11) is 0. The van der Waals surface area contributed by atoms with Gasteiger partial charge in [0.2, 0.25) is 0 Å². The lowest BCUT2D eigenvalue weighted by molar-refractivity contribution is -0.402. The van der Waals surface area contributed by atoms with E-state index in [1.807, 2.05) is 0 Å². The summed E-state index contributed by atoms with van der Waals surface area (Å²) >= 11 is 5.56. The van der Waals surface area contributed by atoms with Crippen LogP contribution in [0, 0.1) is 10.1 Å². The maximum Gasteiger partial charge on any atom is 0.433 e. The summed E-state index contributed by atoms with van der Waals surface area (Å²) in [6.07, 6.45) is 1.65. The third-order valence-corrected chi connectivity index (χ3v) is 2.14. The average Bonchev–Trinajstić information content (AvgIpc) is 2.87. The number of rotatable bonds is 4. The van der Waals surface area contributed by atoms with E-state index in [2.05, 4.69) is 10.3 Å². The molecule has 0 saturated heterocycles. The van der Waals surface area contributed by atoms with E-state index >= 15 is 0 Å². The summed E-state index contributed by atoms with van der Waals surface area (Å²) in [6.45, 7) is 0.289. The van der Waals surface area contributed by atoms with Gasteiger partial charge in [0.1, 0.15) is 17.2 Å². The monoisotopic (exact) mass is 242 g/mol. The highest BCUT2D eigenvalue weighted by molar-refractivity contribution is 6.16. The van der Waals surface area contributed by atoms with Gasteiger partial charge in [-0.05, 0) is 6.07 Å². The second kappa shape index (κ2) is 4.31. The van der Waals surface area contributed by atoms with Gasteiger partial charge >= 0.3 is 5.88 Å². The molecule has 0 fully saturated rings. The fraction of sp³-hybridized carbons (Fsp3) is 0.250. The lowest BCUT2D eigenvalue weighted by Crippen LogP contribution is -1.99. The molecule has 0 unspecified atom stereocenters. The predicted molar refractivity (Wildman–Crippen MR) is 54.0 cm³/mol. The van der Waals surface area contributed by atoms with Gasteiger partial charge in [0.05, 0.1) is 23.8 Å². The van der Waals surface area contributed by atoms with E-state index in [1.54, 1.807) is 6.20 Å². The van der Waals surface area contributed by atoms with Crippen LogP contribution in [-0.2, 0) is 12.4 Å². The Bertz CT molecular complexity index is 507. The van der Waals surface area contributed by atoms with Gasteiger partial charge in [0.15, 0.2) is 0 Å². The van der Waals surface area contributed by atoms with Crippen LogP contribution in [0.5, 0.6) is 0 Å². The highest BCUT2D eigenvalue weighted by Crippen LogP contribution is 2.16. The van der Waals surface area contributed by atoms with E-state index in [4.69, 9.17) is 16.0 Å². The highest BCUT2D eigenvalue weighted by atomic mass is 35.5. The first kappa shape index (κ1) is 10.6. The topological polar surface area (TPSA) is 87.0 Å². The van der Waals surface area contributed by atoms with Crippen LogP contribution in [0.3, 0.4) is 0 Å². The van der Waals surface area contributed by atoms with Crippen molar-refractivity contribution in [3.8, 4) is 0 Å². The van der Waals surface area contributed by atoms with Crippen LogP contribution in [0.4, 0.5) is 5.88 Å². The van der Waals surface area contributed by atoms with Crippen molar-refractivity contribution >= 4 is 17.5 Å². The maximum atomic E-state index is 10.4. The molecule has 0 aliphatic heterocycles. The maximum absolute atomic E-state index is 10.4. The lowest BCUT2D eigenvalue weighted by atomic mass is 10.4. The minimum atomic E-state index is -0.588. The zero-order chi connectivity index (χ0) is 11.5. The first-order chi connectivity index (χ1) is 7.69. The Kier molecular flexibility index (Phi) is 2.86. The van der Waals surface area contributed by atoms with Crippen molar-refractivity contribution in [3.05, 3.63) is 39.9 Å². The molecule has 7 nitrogen and oxygen atoms in total. The number of furan rings is 1. The van der Waals surface area contributed by atoms with Gasteiger partial charge in [-0.25, -0.2) is 4.68 Å². The normalized spacial score (nSPS) is 10.6. The van der Waals surface area contributed by atoms with Gasteiger partial charge in [-0.15, -0.1) is 16.7 Å². The summed E-state index contributed by atoms with van der Waals surface area (Å²) < 4.78 is 6.47. The van der Waals surface area contributed by atoms with Gasteiger partial charge in [0, 0.05) is 0 Å². The molecule has 0 aliphatic rings. The fourth-order valence-electron chi connectivity index (χ4n) is 1.19. The van der Waals surface area contributed by atoms with E-state index in [9.17, 15) is 10.1 Å². The number of alkyl halides is 1. The van der Waals surface area contributed by atoms with Crippen LogP contribution in [0.15, 0.2) is 22.7 Å². The van der Waals surface area contributed by atoms with Crippen LogP contribution in [0.1, 0.15) is 11.5 Å². The molecule has 0 amide bonds. The molecule has 0 saturated carbocycles. The molecule has 0 atom stereocenters. The summed E-state index contributed by atoms with van der Waals surface area (Å²) in [4.78, 5) is 9.79. The van der Waals surface area contributed by atoms with Crippen LogP contribution >= 0.6 is 11.6 Å². The zero-order valence-corrected chi connectivity index (χ0v) is 8.79. The molecular weight excluding hydrogens is 236 g/mol. The van der Waals surface area contributed by atoms with Crippen molar-refractivity contribution < 1.29 is 9.34 Å². The largest absolute Gasteiger partial charge is 0.433 e. The number of nitro groups is 1. The molecule has 2 aromatic rings. The van der Waals surface area contributed by atoms with E-state index in [-0.39, 0.29) is 18.3 Å². The van der Waals surface area contributed by atoms with E-state index < -0.39 is 4.92 Å². The number of hydrogen-bond acceptors (Lipinski definition) is 5. The molecule has 8 heteroatoms. The van der Waals surface area contributed by atoms with Gasteiger partial charge in [0.25, 0.3) is 0 Å². The minimum absolute atomic E-state index is 0.276. The van der Waals surface area contributed by atoms with E-state index in [0.717, 1.165) is 0 Å². The molecule has 0 radical (unpaired) electrons. The van der Waals surface area contributed by atoms with Gasteiger partial charge < -0.3 is 4.42 Å². The summed E-state index contributed by atoms with van der Waals surface area (Å²) in [6, 6.07) is 2.83. The number of aromatic nitrogens is 3. The number of halogens is 1. The molecule has 16 heavy (non-hydrogen) atoms. The van der Waals surface area contributed by atoms with Crippen molar-refractivity contribution in [1.82, 2.24) is 15.0 Å². The molecule has 2 rings (SSSR count). The molecule has 84 valence electrons. The van der Waals surface area contributed by atoms with E-state index in [0.29, 0.717) is 11.5 Å². The van der Waals surface area contributed by atoms with Gasteiger partial charge in [-0.2, -0.15) is 0 Å². The molecule has 0 aliphatic carbocycles. The average molecular weight is 243 g/mol. The summed E-state index contributed by atoms with van der Waals surface area (Å²) in [5.41, 5.74) is 0.641. The number of nitrogens with zero attached hydrogens (tertiary/aromatic N) is 4. The quantitative estimate of drug-likeness (QED) is 0.461. The second-order valence-corrected chi connectivity index (χ2v) is 3.31. The molecule has 0 bridgehead atoms. The molecule has 2 heterocycles. The number of hydrogen-bond donors (Lipinski definition) is 0. The van der Waals surface area contributed by atoms with Crippen molar-refractivity contribution in [2.75, 3.05) is 0 Å². The molecule has 0 spiro atoms. The zero-order valence-electron chi connectivity index (χ0n) is 8.04. The van der Waals surface area contributed by atoms with Crippen molar-refractivity contribution in [3.63, 3.8) is 0 Å². The standard InChI is InChI=1S/C8H7ClN4O3/c9-3-6-4-12(11-10-6)5-7-1-2-8(16-7)13(14)15/h1-2,4H,3,5H2. The smallest absolute Gasteiger partial charge is 0.404 e. The van der Waals surface area contributed by atoms with Crippen molar-refractivity contribution in [2.45, 2.75) is 12.4 Å². The molecule has 0 N–H and O–H groups in total. The van der Waals surface area contributed by atoms with Crippen molar-refractivity contribution in [2.24, 2.45) is 0 Å².